The smallest absolute Gasteiger partial charge is 0.247 e. The SMILES string of the molecule is NC(=O)C1(c2ccccc2)CCN(Cc2nnc(-c3cccc(Cl)c3)o2)C1. The van der Waals surface area contributed by atoms with Gasteiger partial charge in [0.05, 0.1) is 12.0 Å². The molecule has 0 radical (unpaired) electrons. The molecule has 6 nitrogen and oxygen atoms in total. The fourth-order valence-corrected chi connectivity index (χ4v) is 3.80. The van der Waals surface area contributed by atoms with E-state index in [0.717, 1.165) is 17.7 Å². The molecule has 3 aromatic rings. The molecule has 1 unspecified atom stereocenters. The van der Waals surface area contributed by atoms with Crippen molar-refractivity contribution in [3.8, 4) is 11.5 Å². The number of halogens is 1. The molecule has 7 heteroatoms. The minimum Gasteiger partial charge on any atom is -0.419 e. The predicted molar refractivity (Wildman–Crippen MR) is 102 cm³/mol. The number of nitrogens with two attached hydrogens (primary N) is 1. The first-order valence-corrected chi connectivity index (χ1v) is 9.11. The van der Waals surface area contributed by atoms with Crippen LogP contribution >= 0.6 is 11.6 Å². The second kappa shape index (κ2) is 7.13. The fraction of sp³-hybridized carbons (Fsp3) is 0.250. The standard InChI is InChI=1S/C20H19ClN4O2/c21-16-8-4-5-14(11-16)18-24-23-17(27-18)12-25-10-9-20(13-25,19(22)26)15-6-2-1-3-7-15/h1-8,11H,9-10,12-13H2,(H2,22,26). The molecule has 2 heterocycles. The number of aromatic nitrogens is 2. The Morgan fingerprint density at radius 2 is 2.00 bits per heavy atom. The van der Waals surface area contributed by atoms with Crippen molar-refractivity contribution >= 4 is 17.5 Å². The second-order valence-corrected chi connectivity index (χ2v) is 7.22. The van der Waals surface area contributed by atoms with Crippen molar-refractivity contribution < 1.29 is 9.21 Å². The molecule has 1 fully saturated rings. The van der Waals surface area contributed by atoms with Gasteiger partial charge in [0, 0.05) is 23.7 Å². The van der Waals surface area contributed by atoms with Crippen LogP contribution in [0.3, 0.4) is 0 Å². The summed E-state index contributed by atoms with van der Waals surface area (Å²) in [5, 5.41) is 8.85. The number of carbonyl (C=O) groups excluding carboxylic acids is 1. The maximum Gasteiger partial charge on any atom is 0.247 e. The third-order valence-electron chi connectivity index (χ3n) is 5.04. The number of hydrogen-bond donors (Lipinski definition) is 1. The minimum atomic E-state index is -0.683. The molecular formula is C20H19ClN4O2. The van der Waals surface area contributed by atoms with E-state index in [1.54, 1.807) is 12.1 Å². The first-order valence-electron chi connectivity index (χ1n) is 8.73. The van der Waals surface area contributed by atoms with Crippen molar-refractivity contribution in [1.29, 1.82) is 0 Å². The Balaban J connectivity index is 1.51. The van der Waals surface area contributed by atoms with E-state index in [1.165, 1.54) is 0 Å². The number of benzene rings is 2. The van der Waals surface area contributed by atoms with Crippen molar-refractivity contribution in [3.63, 3.8) is 0 Å². The highest BCUT2D eigenvalue weighted by Crippen LogP contribution is 2.35. The third kappa shape index (κ3) is 3.46. The zero-order chi connectivity index (χ0) is 18.9. The van der Waals surface area contributed by atoms with Crippen LogP contribution in [0.2, 0.25) is 5.02 Å². The Bertz CT molecular complexity index is 959. The quantitative estimate of drug-likeness (QED) is 0.733. The summed E-state index contributed by atoms with van der Waals surface area (Å²) in [5.74, 6) is 0.621. The lowest BCUT2D eigenvalue weighted by molar-refractivity contribution is -0.123. The van der Waals surface area contributed by atoms with Crippen molar-refractivity contribution in [2.24, 2.45) is 5.73 Å². The number of likely N-dealkylation sites (tertiary alicyclic amines) is 1. The van der Waals surface area contributed by atoms with Gasteiger partial charge >= 0.3 is 0 Å². The Morgan fingerprint density at radius 3 is 2.74 bits per heavy atom. The van der Waals surface area contributed by atoms with Gasteiger partial charge in [0.1, 0.15) is 0 Å². The highest BCUT2D eigenvalue weighted by molar-refractivity contribution is 6.30. The van der Waals surface area contributed by atoms with Crippen molar-refractivity contribution in [2.75, 3.05) is 13.1 Å². The second-order valence-electron chi connectivity index (χ2n) is 6.78. The van der Waals surface area contributed by atoms with Crippen LogP contribution in [0, 0.1) is 0 Å². The normalized spacial score (nSPS) is 20.0. The Hall–Kier alpha value is -2.70. The summed E-state index contributed by atoms with van der Waals surface area (Å²) >= 11 is 6.02. The molecule has 0 saturated carbocycles. The van der Waals surface area contributed by atoms with Crippen LogP contribution < -0.4 is 5.73 Å². The van der Waals surface area contributed by atoms with Crippen molar-refractivity contribution in [3.05, 3.63) is 71.1 Å². The highest BCUT2D eigenvalue weighted by atomic mass is 35.5. The molecule has 2 aromatic carbocycles. The first-order chi connectivity index (χ1) is 13.1. The number of primary amides is 1. The average Bonchev–Trinajstić information content (AvgIpc) is 3.31. The highest BCUT2D eigenvalue weighted by Gasteiger charge is 2.44. The molecule has 2 N–H and O–H groups in total. The summed E-state index contributed by atoms with van der Waals surface area (Å²) in [4.78, 5) is 14.4. The number of hydrogen-bond acceptors (Lipinski definition) is 5. The molecule has 0 aliphatic carbocycles. The summed E-state index contributed by atoms with van der Waals surface area (Å²) in [7, 11) is 0. The number of amides is 1. The van der Waals surface area contributed by atoms with Crippen LogP contribution in [0.15, 0.2) is 59.0 Å². The van der Waals surface area contributed by atoms with E-state index in [9.17, 15) is 4.79 Å². The van der Waals surface area contributed by atoms with E-state index in [4.69, 9.17) is 21.8 Å². The van der Waals surface area contributed by atoms with Gasteiger partial charge in [0.2, 0.25) is 17.7 Å². The van der Waals surface area contributed by atoms with Gasteiger partial charge in [-0.3, -0.25) is 9.69 Å². The number of nitrogens with zero attached hydrogens (tertiary/aromatic N) is 3. The van der Waals surface area contributed by atoms with Crippen LogP contribution in [0.5, 0.6) is 0 Å². The van der Waals surface area contributed by atoms with E-state index in [2.05, 4.69) is 15.1 Å². The van der Waals surface area contributed by atoms with E-state index in [1.807, 2.05) is 42.5 Å². The van der Waals surface area contributed by atoms with Gasteiger partial charge in [0.25, 0.3) is 0 Å². The lowest BCUT2D eigenvalue weighted by Gasteiger charge is -2.26. The summed E-state index contributed by atoms with van der Waals surface area (Å²) < 4.78 is 5.78. The predicted octanol–water partition coefficient (Wildman–Crippen LogP) is 3.02. The van der Waals surface area contributed by atoms with Gasteiger partial charge in [-0.25, -0.2) is 0 Å². The van der Waals surface area contributed by atoms with Crippen molar-refractivity contribution in [1.82, 2.24) is 15.1 Å². The van der Waals surface area contributed by atoms with Gasteiger partial charge in [-0.05, 0) is 30.2 Å². The number of rotatable bonds is 5. The Kier molecular flexibility index (Phi) is 4.68. The van der Waals surface area contributed by atoms with Gasteiger partial charge in [-0.1, -0.05) is 48.0 Å². The zero-order valence-electron chi connectivity index (χ0n) is 14.6. The van der Waals surface area contributed by atoms with Crippen LogP contribution in [-0.2, 0) is 16.8 Å². The molecule has 1 amide bonds. The van der Waals surface area contributed by atoms with E-state index >= 15 is 0 Å². The first kappa shape index (κ1) is 17.7. The van der Waals surface area contributed by atoms with Gasteiger partial charge in [-0.2, -0.15) is 0 Å². The molecule has 0 spiro atoms. The number of carbonyl (C=O) groups is 1. The molecule has 1 aliphatic rings. The van der Waals surface area contributed by atoms with E-state index in [0.29, 0.717) is 36.3 Å². The maximum atomic E-state index is 12.3. The topological polar surface area (TPSA) is 85.3 Å². The average molecular weight is 383 g/mol. The molecule has 0 bridgehead atoms. The molecule has 1 aliphatic heterocycles. The lowest BCUT2D eigenvalue weighted by Crippen LogP contribution is -2.43. The molecule has 27 heavy (non-hydrogen) atoms. The largest absolute Gasteiger partial charge is 0.419 e. The summed E-state index contributed by atoms with van der Waals surface area (Å²) in [6.07, 6.45) is 0.668. The molecule has 138 valence electrons. The van der Waals surface area contributed by atoms with Crippen LogP contribution in [0.4, 0.5) is 0 Å². The summed E-state index contributed by atoms with van der Waals surface area (Å²) in [5.41, 5.74) is 6.83. The van der Waals surface area contributed by atoms with E-state index < -0.39 is 5.41 Å². The van der Waals surface area contributed by atoms with Crippen LogP contribution in [0.1, 0.15) is 17.9 Å². The summed E-state index contributed by atoms with van der Waals surface area (Å²) in [6, 6.07) is 17.0. The van der Waals surface area contributed by atoms with Crippen LogP contribution in [-0.4, -0.2) is 34.1 Å². The Morgan fingerprint density at radius 1 is 1.19 bits per heavy atom. The Labute approximate surface area is 161 Å². The van der Waals surface area contributed by atoms with Crippen molar-refractivity contribution in [2.45, 2.75) is 18.4 Å². The zero-order valence-corrected chi connectivity index (χ0v) is 15.4. The molecule has 1 aromatic heterocycles. The lowest BCUT2D eigenvalue weighted by atomic mass is 9.79. The molecule has 1 atom stereocenters. The van der Waals surface area contributed by atoms with Gasteiger partial charge in [-0.15, -0.1) is 10.2 Å². The molecular weight excluding hydrogens is 364 g/mol. The monoisotopic (exact) mass is 382 g/mol. The maximum absolute atomic E-state index is 12.3. The molecule has 4 rings (SSSR count). The third-order valence-corrected chi connectivity index (χ3v) is 5.28. The van der Waals surface area contributed by atoms with Gasteiger partial charge in [0.15, 0.2) is 0 Å². The fourth-order valence-electron chi connectivity index (χ4n) is 3.61. The summed E-state index contributed by atoms with van der Waals surface area (Å²) in [6.45, 7) is 1.73. The molecule has 1 saturated heterocycles. The van der Waals surface area contributed by atoms with Gasteiger partial charge < -0.3 is 10.2 Å². The van der Waals surface area contributed by atoms with E-state index in [-0.39, 0.29) is 5.91 Å². The minimum absolute atomic E-state index is 0.304. The van der Waals surface area contributed by atoms with Crippen LogP contribution in [0.25, 0.3) is 11.5 Å².